The second-order valence-corrected chi connectivity index (χ2v) is 5.07. The summed E-state index contributed by atoms with van der Waals surface area (Å²) in [5.74, 6) is 0.806. The van der Waals surface area contributed by atoms with Crippen molar-refractivity contribution in [1.82, 2.24) is 20.3 Å². The molecule has 2 heterocycles. The van der Waals surface area contributed by atoms with Crippen LogP contribution in [0.25, 0.3) is 11.3 Å². The molecule has 1 N–H and O–H groups in total. The van der Waals surface area contributed by atoms with Crippen LogP contribution in [0.4, 0.5) is 0 Å². The summed E-state index contributed by atoms with van der Waals surface area (Å²) < 4.78 is 7.20. The lowest BCUT2D eigenvalue weighted by Gasteiger charge is -2.02. The number of benzene rings is 1. The van der Waals surface area contributed by atoms with Gasteiger partial charge in [-0.15, -0.1) is 0 Å². The van der Waals surface area contributed by atoms with E-state index in [1.807, 2.05) is 47.3 Å². The van der Waals surface area contributed by atoms with Crippen molar-refractivity contribution in [2.45, 2.75) is 13.1 Å². The van der Waals surface area contributed by atoms with Crippen LogP contribution in [0.1, 0.15) is 5.76 Å². The molecule has 0 amide bonds. The Hall–Kier alpha value is -2.11. The predicted molar refractivity (Wildman–Crippen MR) is 80.9 cm³/mol. The monoisotopic (exact) mass is 302 g/mol. The highest BCUT2D eigenvalue weighted by molar-refractivity contribution is 6.30. The van der Waals surface area contributed by atoms with Gasteiger partial charge in [0.2, 0.25) is 0 Å². The van der Waals surface area contributed by atoms with Crippen molar-refractivity contribution < 1.29 is 4.52 Å². The van der Waals surface area contributed by atoms with Crippen LogP contribution in [0.3, 0.4) is 0 Å². The molecular formula is C15H15ClN4O. The van der Waals surface area contributed by atoms with E-state index in [-0.39, 0.29) is 0 Å². The van der Waals surface area contributed by atoms with Crippen molar-refractivity contribution in [2.75, 3.05) is 6.54 Å². The maximum atomic E-state index is 5.87. The van der Waals surface area contributed by atoms with Gasteiger partial charge in [0.05, 0.1) is 13.1 Å². The highest BCUT2D eigenvalue weighted by atomic mass is 35.5. The zero-order valence-electron chi connectivity index (χ0n) is 11.4. The summed E-state index contributed by atoms with van der Waals surface area (Å²) in [4.78, 5) is 0. The molecule has 0 spiro atoms. The lowest BCUT2D eigenvalue weighted by atomic mass is 10.1. The number of aromatic nitrogens is 3. The number of halogens is 1. The molecule has 0 saturated heterocycles. The van der Waals surface area contributed by atoms with Gasteiger partial charge in [0, 0.05) is 35.6 Å². The number of hydrogen-bond acceptors (Lipinski definition) is 4. The Morgan fingerprint density at radius 3 is 2.86 bits per heavy atom. The Morgan fingerprint density at radius 2 is 2.10 bits per heavy atom. The third-order valence-corrected chi connectivity index (χ3v) is 3.33. The summed E-state index contributed by atoms with van der Waals surface area (Å²) in [6, 6.07) is 11.4. The Kier molecular flexibility index (Phi) is 4.33. The van der Waals surface area contributed by atoms with Crippen LogP contribution >= 0.6 is 11.6 Å². The van der Waals surface area contributed by atoms with E-state index in [1.165, 1.54) is 0 Å². The van der Waals surface area contributed by atoms with Gasteiger partial charge in [0.25, 0.3) is 0 Å². The molecule has 0 radical (unpaired) electrons. The number of rotatable bonds is 6. The van der Waals surface area contributed by atoms with Crippen LogP contribution in [0.2, 0.25) is 5.02 Å². The van der Waals surface area contributed by atoms with Gasteiger partial charge in [0.15, 0.2) is 5.76 Å². The van der Waals surface area contributed by atoms with Gasteiger partial charge in [-0.2, -0.15) is 5.10 Å². The van der Waals surface area contributed by atoms with Crippen molar-refractivity contribution in [1.29, 1.82) is 0 Å². The average molecular weight is 303 g/mol. The molecule has 108 valence electrons. The van der Waals surface area contributed by atoms with E-state index in [0.717, 1.165) is 30.1 Å². The highest BCUT2D eigenvalue weighted by Gasteiger charge is 2.06. The summed E-state index contributed by atoms with van der Waals surface area (Å²) in [6.07, 6.45) is 3.71. The fraction of sp³-hybridized carbons (Fsp3) is 0.200. The van der Waals surface area contributed by atoms with E-state index in [9.17, 15) is 0 Å². The van der Waals surface area contributed by atoms with Crippen molar-refractivity contribution in [3.8, 4) is 11.3 Å². The molecule has 0 unspecified atom stereocenters. The molecule has 0 atom stereocenters. The zero-order valence-corrected chi connectivity index (χ0v) is 12.1. The van der Waals surface area contributed by atoms with Gasteiger partial charge in [-0.3, -0.25) is 4.68 Å². The Bertz CT molecular complexity index is 676. The van der Waals surface area contributed by atoms with Gasteiger partial charge in [0.1, 0.15) is 5.69 Å². The van der Waals surface area contributed by atoms with Crippen molar-refractivity contribution in [2.24, 2.45) is 0 Å². The standard InChI is InChI=1S/C15H15ClN4O/c16-13-4-2-12(3-5-13)15-10-14(21-19-15)11-17-7-9-20-8-1-6-18-20/h1-6,8,10,17H,7,9,11H2. The van der Waals surface area contributed by atoms with Gasteiger partial charge < -0.3 is 9.84 Å². The minimum absolute atomic E-state index is 0.641. The first kappa shape index (κ1) is 13.9. The number of nitrogens with zero attached hydrogens (tertiary/aromatic N) is 3. The molecule has 2 aromatic heterocycles. The lowest BCUT2D eigenvalue weighted by molar-refractivity contribution is 0.372. The maximum Gasteiger partial charge on any atom is 0.151 e. The molecule has 0 aliphatic heterocycles. The second kappa shape index (κ2) is 6.56. The molecule has 0 aliphatic carbocycles. The Balaban J connectivity index is 1.52. The van der Waals surface area contributed by atoms with E-state index in [4.69, 9.17) is 16.1 Å². The smallest absolute Gasteiger partial charge is 0.151 e. The summed E-state index contributed by atoms with van der Waals surface area (Å²) in [7, 11) is 0. The van der Waals surface area contributed by atoms with Crippen LogP contribution in [0.5, 0.6) is 0 Å². The maximum absolute atomic E-state index is 5.87. The fourth-order valence-electron chi connectivity index (χ4n) is 1.99. The van der Waals surface area contributed by atoms with E-state index < -0.39 is 0 Å². The van der Waals surface area contributed by atoms with Crippen molar-refractivity contribution >= 4 is 11.6 Å². The minimum Gasteiger partial charge on any atom is -0.359 e. The van der Waals surface area contributed by atoms with Crippen molar-refractivity contribution in [3.63, 3.8) is 0 Å². The lowest BCUT2D eigenvalue weighted by Crippen LogP contribution is -2.19. The zero-order chi connectivity index (χ0) is 14.5. The molecule has 0 bridgehead atoms. The topological polar surface area (TPSA) is 55.9 Å². The first-order chi connectivity index (χ1) is 10.3. The van der Waals surface area contributed by atoms with E-state index in [2.05, 4.69) is 15.6 Å². The Morgan fingerprint density at radius 1 is 1.24 bits per heavy atom. The third-order valence-electron chi connectivity index (χ3n) is 3.08. The van der Waals surface area contributed by atoms with E-state index >= 15 is 0 Å². The third kappa shape index (κ3) is 3.71. The van der Waals surface area contributed by atoms with Crippen LogP contribution < -0.4 is 5.32 Å². The summed E-state index contributed by atoms with van der Waals surface area (Å²) in [6.45, 7) is 2.28. The number of nitrogens with one attached hydrogen (secondary N) is 1. The summed E-state index contributed by atoms with van der Waals surface area (Å²) in [5, 5.41) is 12.2. The first-order valence-electron chi connectivity index (χ1n) is 6.71. The van der Waals surface area contributed by atoms with Gasteiger partial charge in [-0.05, 0) is 18.2 Å². The first-order valence-corrected chi connectivity index (χ1v) is 7.09. The van der Waals surface area contributed by atoms with Crippen LogP contribution in [-0.4, -0.2) is 21.5 Å². The van der Waals surface area contributed by atoms with Gasteiger partial charge in [-0.1, -0.05) is 28.9 Å². The van der Waals surface area contributed by atoms with Crippen LogP contribution in [0, 0.1) is 0 Å². The van der Waals surface area contributed by atoms with Crippen LogP contribution in [0.15, 0.2) is 53.3 Å². The quantitative estimate of drug-likeness (QED) is 0.711. The predicted octanol–water partition coefficient (Wildman–Crippen LogP) is 2.98. The average Bonchev–Trinajstić information content (AvgIpc) is 3.16. The highest BCUT2D eigenvalue weighted by Crippen LogP contribution is 2.21. The molecule has 0 fully saturated rings. The summed E-state index contributed by atoms with van der Waals surface area (Å²) >= 11 is 5.87. The SMILES string of the molecule is Clc1ccc(-c2cc(CNCCn3cccn3)on2)cc1. The molecule has 3 rings (SSSR count). The van der Waals surface area contributed by atoms with E-state index in [0.29, 0.717) is 11.6 Å². The fourth-order valence-corrected chi connectivity index (χ4v) is 2.12. The van der Waals surface area contributed by atoms with Gasteiger partial charge in [-0.25, -0.2) is 0 Å². The molecule has 21 heavy (non-hydrogen) atoms. The molecule has 0 aliphatic rings. The normalized spacial score (nSPS) is 10.9. The Labute approximate surface area is 127 Å². The number of hydrogen-bond donors (Lipinski definition) is 1. The summed E-state index contributed by atoms with van der Waals surface area (Å²) in [5.41, 5.74) is 1.81. The van der Waals surface area contributed by atoms with Crippen LogP contribution in [-0.2, 0) is 13.1 Å². The second-order valence-electron chi connectivity index (χ2n) is 4.63. The molecule has 6 heteroatoms. The van der Waals surface area contributed by atoms with Gasteiger partial charge >= 0.3 is 0 Å². The largest absolute Gasteiger partial charge is 0.359 e. The molecule has 3 aromatic rings. The van der Waals surface area contributed by atoms with Crippen molar-refractivity contribution in [3.05, 3.63) is 59.6 Å². The molecule has 0 saturated carbocycles. The molecular weight excluding hydrogens is 288 g/mol. The molecule has 1 aromatic carbocycles. The van der Waals surface area contributed by atoms with E-state index in [1.54, 1.807) is 6.20 Å². The molecule has 5 nitrogen and oxygen atoms in total. The minimum atomic E-state index is 0.641.